The summed E-state index contributed by atoms with van der Waals surface area (Å²) in [5.74, 6) is 1.32. The number of nitrogens with one attached hydrogen (secondary N) is 1. The molecule has 30 heavy (non-hydrogen) atoms. The van der Waals surface area contributed by atoms with Crippen molar-refractivity contribution >= 4 is 23.6 Å². The lowest BCUT2D eigenvalue weighted by molar-refractivity contribution is -0.129. The van der Waals surface area contributed by atoms with Gasteiger partial charge < -0.3 is 24.4 Å². The fourth-order valence-electron chi connectivity index (χ4n) is 3.46. The predicted octanol–water partition coefficient (Wildman–Crippen LogP) is 3.27. The molecular weight excluding hydrogens is 384 g/mol. The molecule has 2 amide bonds. The van der Waals surface area contributed by atoms with Crippen molar-refractivity contribution < 1.29 is 23.8 Å². The van der Waals surface area contributed by atoms with Crippen LogP contribution in [0.25, 0.3) is 6.08 Å². The summed E-state index contributed by atoms with van der Waals surface area (Å²) in [4.78, 5) is 25.9. The number of rotatable bonds is 6. The zero-order valence-electron chi connectivity index (χ0n) is 17.7. The second-order valence-electron chi connectivity index (χ2n) is 6.96. The van der Waals surface area contributed by atoms with E-state index in [1.807, 2.05) is 18.2 Å². The SMILES string of the molecule is COc1cc(/C=C/C(=O)Nc2ccc3c(c2)CN(C(C)=O)CC3)cc(OC)c1OC. The van der Waals surface area contributed by atoms with Crippen LogP contribution >= 0.6 is 0 Å². The van der Waals surface area contributed by atoms with E-state index in [4.69, 9.17) is 14.2 Å². The maximum atomic E-state index is 12.4. The average molecular weight is 410 g/mol. The zero-order valence-corrected chi connectivity index (χ0v) is 17.7. The third kappa shape index (κ3) is 4.74. The van der Waals surface area contributed by atoms with E-state index in [1.54, 1.807) is 44.3 Å². The molecule has 2 aromatic carbocycles. The number of hydrogen-bond donors (Lipinski definition) is 1. The van der Waals surface area contributed by atoms with E-state index < -0.39 is 0 Å². The van der Waals surface area contributed by atoms with Gasteiger partial charge in [-0.05, 0) is 53.5 Å². The maximum Gasteiger partial charge on any atom is 0.248 e. The van der Waals surface area contributed by atoms with Gasteiger partial charge >= 0.3 is 0 Å². The summed E-state index contributed by atoms with van der Waals surface area (Å²) in [7, 11) is 4.62. The lowest BCUT2D eigenvalue weighted by Crippen LogP contribution is -2.34. The van der Waals surface area contributed by atoms with E-state index in [2.05, 4.69) is 5.32 Å². The van der Waals surface area contributed by atoms with Crippen molar-refractivity contribution in [2.24, 2.45) is 0 Å². The lowest BCUT2D eigenvalue weighted by atomic mass is 9.99. The van der Waals surface area contributed by atoms with Crippen LogP contribution in [0.2, 0.25) is 0 Å². The van der Waals surface area contributed by atoms with Gasteiger partial charge in [0.1, 0.15) is 0 Å². The molecule has 0 unspecified atom stereocenters. The fraction of sp³-hybridized carbons (Fsp3) is 0.304. The third-order valence-electron chi connectivity index (χ3n) is 5.05. The molecule has 0 atom stereocenters. The summed E-state index contributed by atoms with van der Waals surface area (Å²) in [6.07, 6.45) is 3.95. The minimum atomic E-state index is -0.261. The van der Waals surface area contributed by atoms with Gasteiger partial charge in [0.2, 0.25) is 17.6 Å². The normalized spacial score (nSPS) is 13.0. The largest absolute Gasteiger partial charge is 0.493 e. The Bertz CT molecular complexity index is 959. The van der Waals surface area contributed by atoms with E-state index in [9.17, 15) is 9.59 Å². The Hall–Kier alpha value is -3.48. The first kappa shape index (κ1) is 21.2. The molecule has 0 spiro atoms. The molecule has 0 bridgehead atoms. The quantitative estimate of drug-likeness (QED) is 0.740. The molecule has 1 N–H and O–H groups in total. The van der Waals surface area contributed by atoms with Crippen LogP contribution in [0.15, 0.2) is 36.4 Å². The molecule has 3 rings (SSSR count). The number of methoxy groups -OCH3 is 3. The van der Waals surface area contributed by atoms with Crippen molar-refractivity contribution in [1.29, 1.82) is 0 Å². The number of carbonyl (C=O) groups excluding carboxylic acids is 2. The van der Waals surface area contributed by atoms with Gasteiger partial charge in [-0.3, -0.25) is 9.59 Å². The Morgan fingerprint density at radius 3 is 2.30 bits per heavy atom. The Morgan fingerprint density at radius 1 is 1.00 bits per heavy atom. The molecule has 1 heterocycles. The summed E-state index contributed by atoms with van der Waals surface area (Å²) in [5.41, 5.74) is 3.70. The second-order valence-corrected chi connectivity index (χ2v) is 6.96. The summed E-state index contributed by atoms with van der Waals surface area (Å²) >= 11 is 0. The molecule has 1 aliphatic heterocycles. The minimum absolute atomic E-state index is 0.0587. The zero-order chi connectivity index (χ0) is 21.7. The van der Waals surface area contributed by atoms with E-state index in [0.29, 0.717) is 29.5 Å². The highest BCUT2D eigenvalue weighted by Crippen LogP contribution is 2.38. The lowest BCUT2D eigenvalue weighted by Gasteiger charge is -2.28. The number of fused-ring (bicyclic) bond motifs is 1. The second kappa shape index (κ2) is 9.35. The molecule has 0 aliphatic carbocycles. The van der Waals surface area contributed by atoms with Crippen molar-refractivity contribution in [3.63, 3.8) is 0 Å². The van der Waals surface area contributed by atoms with Crippen LogP contribution in [0.4, 0.5) is 5.69 Å². The molecule has 0 radical (unpaired) electrons. The summed E-state index contributed by atoms with van der Waals surface area (Å²) in [6, 6.07) is 9.34. The van der Waals surface area contributed by atoms with Crippen LogP contribution in [-0.4, -0.2) is 44.6 Å². The monoisotopic (exact) mass is 410 g/mol. The highest BCUT2D eigenvalue weighted by molar-refractivity contribution is 6.02. The molecule has 158 valence electrons. The number of amides is 2. The van der Waals surface area contributed by atoms with E-state index in [-0.39, 0.29) is 11.8 Å². The number of carbonyl (C=O) groups is 2. The van der Waals surface area contributed by atoms with Gasteiger partial charge in [0, 0.05) is 31.8 Å². The number of anilines is 1. The Labute approximate surface area is 176 Å². The minimum Gasteiger partial charge on any atom is -0.493 e. The van der Waals surface area contributed by atoms with Gasteiger partial charge in [0.15, 0.2) is 11.5 Å². The van der Waals surface area contributed by atoms with Crippen molar-refractivity contribution in [1.82, 2.24) is 4.90 Å². The highest BCUT2D eigenvalue weighted by Gasteiger charge is 2.18. The standard InChI is InChI=1S/C23H26N2O5/c1-15(26)25-10-9-17-6-7-19(13-18(17)14-25)24-22(27)8-5-16-11-20(28-2)23(30-4)21(12-16)29-3/h5-8,11-13H,9-10,14H2,1-4H3,(H,24,27)/b8-5+. The average Bonchev–Trinajstić information content (AvgIpc) is 2.76. The van der Waals surface area contributed by atoms with Crippen molar-refractivity contribution in [3.8, 4) is 17.2 Å². The highest BCUT2D eigenvalue weighted by atomic mass is 16.5. The Morgan fingerprint density at radius 2 is 1.70 bits per heavy atom. The molecule has 7 nitrogen and oxygen atoms in total. The number of nitrogens with zero attached hydrogens (tertiary/aromatic N) is 1. The van der Waals surface area contributed by atoms with Crippen molar-refractivity contribution in [3.05, 3.63) is 53.1 Å². The predicted molar refractivity (Wildman–Crippen MR) is 115 cm³/mol. The molecule has 0 saturated carbocycles. The third-order valence-corrected chi connectivity index (χ3v) is 5.05. The van der Waals surface area contributed by atoms with Gasteiger partial charge in [-0.15, -0.1) is 0 Å². The summed E-state index contributed by atoms with van der Waals surface area (Å²) < 4.78 is 16.0. The molecular formula is C23H26N2O5. The molecule has 7 heteroatoms. The van der Waals surface area contributed by atoms with Crippen LogP contribution < -0.4 is 19.5 Å². The van der Waals surface area contributed by atoms with Crippen molar-refractivity contribution in [2.45, 2.75) is 19.9 Å². The van der Waals surface area contributed by atoms with Gasteiger partial charge in [-0.25, -0.2) is 0 Å². The maximum absolute atomic E-state index is 12.4. The molecule has 2 aromatic rings. The van der Waals surface area contributed by atoms with E-state index in [1.165, 1.54) is 18.7 Å². The first-order chi connectivity index (χ1) is 14.4. The number of hydrogen-bond acceptors (Lipinski definition) is 5. The molecule has 0 saturated heterocycles. The smallest absolute Gasteiger partial charge is 0.248 e. The number of benzene rings is 2. The molecule has 0 fully saturated rings. The van der Waals surface area contributed by atoms with E-state index in [0.717, 1.165) is 24.1 Å². The van der Waals surface area contributed by atoms with Crippen LogP contribution in [0, 0.1) is 0 Å². The van der Waals surface area contributed by atoms with Crippen molar-refractivity contribution in [2.75, 3.05) is 33.2 Å². The summed E-state index contributed by atoms with van der Waals surface area (Å²) in [6.45, 7) is 2.87. The fourth-order valence-corrected chi connectivity index (χ4v) is 3.46. The molecule has 0 aromatic heterocycles. The number of ether oxygens (including phenoxy) is 3. The van der Waals surface area contributed by atoms with Crippen LogP contribution in [0.3, 0.4) is 0 Å². The Balaban J connectivity index is 1.72. The van der Waals surface area contributed by atoms with Gasteiger partial charge in [-0.2, -0.15) is 0 Å². The van der Waals surface area contributed by atoms with Crippen LogP contribution in [0.1, 0.15) is 23.6 Å². The summed E-state index contributed by atoms with van der Waals surface area (Å²) in [5, 5.41) is 2.87. The topological polar surface area (TPSA) is 77.1 Å². The Kier molecular flexibility index (Phi) is 6.61. The first-order valence-electron chi connectivity index (χ1n) is 9.61. The van der Waals surface area contributed by atoms with E-state index >= 15 is 0 Å². The van der Waals surface area contributed by atoms with Gasteiger partial charge in [-0.1, -0.05) is 6.07 Å². The van der Waals surface area contributed by atoms with Gasteiger partial charge in [0.25, 0.3) is 0 Å². The van der Waals surface area contributed by atoms with Gasteiger partial charge in [0.05, 0.1) is 21.3 Å². The van der Waals surface area contributed by atoms with Crippen LogP contribution in [0.5, 0.6) is 17.2 Å². The van der Waals surface area contributed by atoms with Crippen LogP contribution in [-0.2, 0) is 22.6 Å². The molecule has 1 aliphatic rings. The first-order valence-corrected chi connectivity index (χ1v) is 9.61.